The average molecular weight is 277 g/mol. The second kappa shape index (κ2) is 5.67. The van der Waals surface area contributed by atoms with Gasteiger partial charge in [0.1, 0.15) is 0 Å². The Kier molecular flexibility index (Phi) is 5.05. The zero-order valence-electron chi connectivity index (χ0n) is 10.0. The molecule has 0 aliphatic rings. The minimum Gasteiger partial charge on any atom is -0.395 e. The first-order valence-corrected chi connectivity index (χ1v) is 7.82. The average Bonchev–Trinajstić information content (AvgIpc) is 2.27. The Balaban J connectivity index is 3.31. The van der Waals surface area contributed by atoms with Crippen LogP contribution < -0.4 is 0 Å². The first-order chi connectivity index (χ1) is 7.46. The summed E-state index contributed by atoms with van der Waals surface area (Å²) in [5.74, 6) is 0. The van der Waals surface area contributed by atoms with E-state index in [1.165, 1.54) is 4.90 Å². The van der Waals surface area contributed by atoms with Gasteiger partial charge in [-0.3, -0.25) is 0 Å². The van der Waals surface area contributed by atoms with E-state index in [-0.39, 0.29) is 12.0 Å². The number of aliphatic hydroxyl groups excluding tert-OH is 1. The van der Waals surface area contributed by atoms with Crippen molar-refractivity contribution in [2.24, 2.45) is 0 Å². The van der Waals surface area contributed by atoms with E-state index in [0.717, 1.165) is 15.5 Å². The predicted molar refractivity (Wildman–Crippen MR) is 75.1 cm³/mol. The Morgan fingerprint density at radius 3 is 2.31 bits per heavy atom. The minimum absolute atomic E-state index is 0.121. The van der Waals surface area contributed by atoms with Crippen molar-refractivity contribution in [1.29, 1.82) is 0 Å². The summed E-state index contributed by atoms with van der Waals surface area (Å²) in [6, 6.07) is 4.09. The maximum Gasteiger partial charge on any atom is 0.0556 e. The fraction of sp³-hybridized carbons (Fsp3) is 0.500. The van der Waals surface area contributed by atoms with Gasteiger partial charge in [0.15, 0.2) is 0 Å². The standard InChI is InChI=1S/C12H17ClOS2/c1-12(2,7-14)8-5-9(13)11(16-4)10(6-8)15-3/h5-6,14H,7H2,1-4H3. The van der Waals surface area contributed by atoms with E-state index in [1.54, 1.807) is 23.5 Å². The molecule has 0 radical (unpaired) electrons. The fourth-order valence-electron chi connectivity index (χ4n) is 1.40. The first kappa shape index (κ1) is 14.2. The van der Waals surface area contributed by atoms with Crippen LogP contribution in [0, 0.1) is 0 Å². The molecular weight excluding hydrogens is 260 g/mol. The van der Waals surface area contributed by atoms with Crippen molar-refractivity contribution in [3.8, 4) is 0 Å². The van der Waals surface area contributed by atoms with Gasteiger partial charge in [-0.1, -0.05) is 25.4 Å². The summed E-state index contributed by atoms with van der Waals surface area (Å²) < 4.78 is 0. The van der Waals surface area contributed by atoms with Gasteiger partial charge in [-0.2, -0.15) is 0 Å². The monoisotopic (exact) mass is 276 g/mol. The second-order valence-electron chi connectivity index (χ2n) is 4.24. The molecule has 90 valence electrons. The summed E-state index contributed by atoms with van der Waals surface area (Å²) in [6.45, 7) is 4.15. The fourth-order valence-corrected chi connectivity index (χ4v) is 3.46. The zero-order valence-corrected chi connectivity index (χ0v) is 12.4. The van der Waals surface area contributed by atoms with Crippen LogP contribution in [0.25, 0.3) is 0 Å². The third kappa shape index (κ3) is 2.89. The molecule has 0 atom stereocenters. The highest BCUT2D eigenvalue weighted by Crippen LogP contribution is 2.38. The molecule has 1 N–H and O–H groups in total. The van der Waals surface area contributed by atoms with Gasteiger partial charge in [-0.05, 0) is 30.2 Å². The number of halogens is 1. The normalized spacial score (nSPS) is 11.9. The van der Waals surface area contributed by atoms with Crippen LogP contribution in [0.1, 0.15) is 19.4 Å². The number of rotatable bonds is 4. The molecule has 0 bridgehead atoms. The predicted octanol–water partition coefficient (Wildman–Crippen LogP) is 4.05. The summed E-state index contributed by atoms with van der Waals surface area (Å²) in [7, 11) is 0. The number of aliphatic hydroxyl groups is 1. The second-order valence-corrected chi connectivity index (χ2v) is 6.31. The molecule has 0 saturated carbocycles. The molecule has 1 aromatic carbocycles. The van der Waals surface area contributed by atoms with E-state index in [4.69, 9.17) is 11.6 Å². The lowest BCUT2D eigenvalue weighted by molar-refractivity contribution is 0.218. The molecule has 0 unspecified atom stereocenters. The van der Waals surface area contributed by atoms with Crippen LogP contribution >= 0.6 is 35.1 Å². The van der Waals surface area contributed by atoms with Crippen molar-refractivity contribution < 1.29 is 5.11 Å². The van der Waals surface area contributed by atoms with Gasteiger partial charge in [0.2, 0.25) is 0 Å². The molecule has 1 rings (SSSR count). The van der Waals surface area contributed by atoms with Crippen molar-refractivity contribution in [1.82, 2.24) is 0 Å². The summed E-state index contributed by atoms with van der Waals surface area (Å²) in [5, 5.41) is 10.1. The molecule has 1 nitrogen and oxygen atoms in total. The Morgan fingerprint density at radius 1 is 1.25 bits per heavy atom. The highest BCUT2D eigenvalue weighted by atomic mass is 35.5. The van der Waals surface area contributed by atoms with Crippen molar-refractivity contribution in [2.75, 3.05) is 19.1 Å². The molecule has 0 aliphatic carbocycles. The first-order valence-electron chi connectivity index (χ1n) is 4.99. The molecule has 4 heteroatoms. The van der Waals surface area contributed by atoms with Crippen LogP contribution in [0.15, 0.2) is 21.9 Å². The lowest BCUT2D eigenvalue weighted by Gasteiger charge is -2.24. The van der Waals surface area contributed by atoms with E-state index in [1.807, 2.05) is 32.4 Å². The molecule has 0 spiro atoms. The highest BCUT2D eigenvalue weighted by Gasteiger charge is 2.22. The van der Waals surface area contributed by atoms with Crippen molar-refractivity contribution in [3.63, 3.8) is 0 Å². The summed E-state index contributed by atoms with van der Waals surface area (Å²) in [4.78, 5) is 2.29. The number of thioether (sulfide) groups is 2. The van der Waals surface area contributed by atoms with Crippen molar-refractivity contribution >= 4 is 35.1 Å². The molecule has 0 saturated heterocycles. The third-order valence-corrected chi connectivity index (χ3v) is 4.76. The Hall–Kier alpha value is 0.170. The van der Waals surface area contributed by atoms with Crippen LogP contribution in [0.4, 0.5) is 0 Å². The summed E-state index contributed by atoms with van der Waals surface area (Å²) >= 11 is 9.61. The topological polar surface area (TPSA) is 20.2 Å². The number of hydrogen-bond acceptors (Lipinski definition) is 3. The maximum atomic E-state index is 9.37. The number of benzene rings is 1. The van der Waals surface area contributed by atoms with Crippen LogP contribution in [0.2, 0.25) is 5.02 Å². The molecule has 0 heterocycles. The lowest BCUT2D eigenvalue weighted by atomic mass is 9.86. The van der Waals surface area contributed by atoms with Crippen LogP contribution in [-0.2, 0) is 5.41 Å². The lowest BCUT2D eigenvalue weighted by Crippen LogP contribution is -2.22. The molecule has 0 aliphatic heterocycles. The van der Waals surface area contributed by atoms with Crippen molar-refractivity contribution in [2.45, 2.75) is 29.1 Å². The van der Waals surface area contributed by atoms with Gasteiger partial charge in [0.05, 0.1) is 11.6 Å². The maximum absolute atomic E-state index is 9.37. The Bertz CT molecular complexity index is 378. The molecule has 16 heavy (non-hydrogen) atoms. The smallest absolute Gasteiger partial charge is 0.0556 e. The van der Waals surface area contributed by atoms with Gasteiger partial charge in [-0.15, -0.1) is 23.5 Å². The van der Waals surface area contributed by atoms with E-state index in [9.17, 15) is 5.11 Å². The van der Waals surface area contributed by atoms with Gasteiger partial charge in [0.25, 0.3) is 0 Å². The van der Waals surface area contributed by atoms with Gasteiger partial charge in [-0.25, -0.2) is 0 Å². The highest BCUT2D eigenvalue weighted by molar-refractivity contribution is 8.01. The summed E-state index contributed by atoms with van der Waals surface area (Å²) in [5.41, 5.74) is 0.840. The van der Waals surface area contributed by atoms with E-state index >= 15 is 0 Å². The molecular formula is C12H17ClOS2. The van der Waals surface area contributed by atoms with Gasteiger partial charge < -0.3 is 5.11 Å². The minimum atomic E-state index is -0.245. The molecule has 0 fully saturated rings. The zero-order chi connectivity index (χ0) is 12.3. The number of hydrogen-bond donors (Lipinski definition) is 1. The van der Waals surface area contributed by atoms with Gasteiger partial charge >= 0.3 is 0 Å². The van der Waals surface area contributed by atoms with E-state index in [0.29, 0.717) is 0 Å². The van der Waals surface area contributed by atoms with Crippen molar-refractivity contribution in [3.05, 3.63) is 22.7 Å². The summed E-state index contributed by atoms with van der Waals surface area (Å²) in [6.07, 6.45) is 4.07. The van der Waals surface area contributed by atoms with E-state index < -0.39 is 0 Å². The molecule has 0 amide bonds. The van der Waals surface area contributed by atoms with Crippen LogP contribution in [0.3, 0.4) is 0 Å². The Morgan fingerprint density at radius 2 is 1.88 bits per heavy atom. The van der Waals surface area contributed by atoms with Crippen LogP contribution in [0.5, 0.6) is 0 Å². The molecule has 1 aromatic rings. The quantitative estimate of drug-likeness (QED) is 0.838. The van der Waals surface area contributed by atoms with Crippen LogP contribution in [-0.4, -0.2) is 24.2 Å². The van der Waals surface area contributed by atoms with Gasteiger partial charge in [0, 0.05) is 15.2 Å². The molecule has 0 aromatic heterocycles. The van der Waals surface area contributed by atoms with E-state index in [2.05, 4.69) is 6.07 Å². The third-order valence-electron chi connectivity index (χ3n) is 2.61. The largest absolute Gasteiger partial charge is 0.395 e. The SMILES string of the molecule is CSc1cc(C(C)(C)CO)cc(Cl)c1SC. The Labute approximate surface area is 111 Å².